The molecule has 143 heavy (non-hydrogen) atoms. The van der Waals surface area contributed by atoms with Gasteiger partial charge in [0.2, 0.25) is 46.9 Å². The lowest BCUT2D eigenvalue weighted by Gasteiger charge is -2.39. The molecule has 20 atom stereocenters. The molecule has 0 amide bonds. The van der Waals surface area contributed by atoms with E-state index in [0.717, 1.165) is 24.3 Å². The first-order chi connectivity index (χ1) is 68.3. The van der Waals surface area contributed by atoms with Gasteiger partial charge in [-0.3, -0.25) is 24.0 Å². The molecular weight excluding hydrogens is 1890 g/mol. The highest BCUT2D eigenvalue weighted by Gasteiger charge is 2.49. The van der Waals surface area contributed by atoms with Crippen molar-refractivity contribution >= 4 is 54.8 Å². The molecule has 0 spiro atoms. The van der Waals surface area contributed by atoms with E-state index < -0.39 is 188 Å². The maximum Gasteiger partial charge on any atom is 0.229 e. The largest absolute Gasteiger partial charge is 0.508 e. The number of aliphatic hydroxyl groups is 16. The maximum atomic E-state index is 12.9. The summed E-state index contributed by atoms with van der Waals surface area (Å²) in [6.45, 7) is -2.44. The zero-order chi connectivity index (χ0) is 103. The summed E-state index contributed by atoms with van der Waals surface area (Å²) in [7, 11) is 0. The Labute approximate surface area is 800 Å². The lowest BCUT2D eigenvalue weighted by Crippen LogP contribution is -2.60. The number of phenolic OH excluding ortho intramolecular Hbond substituents is 10. The van der Waals surface area contributed by atoms with E-state index in [0.29, 0.717) is 38.8 Å². The minimum Gasteiger partial charge on any atom is -0.508 e. The first-order valence-electron chi connectivity index (χ1n) is 43.1. The summed E-state index contributed by atoms with van der Waals surface area (Å²) in [4.78, 5) is 63.8. The molecule has 15 aromatic rings. The predicted octanol–water partition coefficient (Wildman–Crippen LogP) is 3.07. The highest BCUT2D eigenvalue weighted by molar-refractivity contribution is 5.92. The number of hydrogen-bond donors (Lipinski definition) is 26. The van der Waals surface area contributed by atoms with E-state index >= 15 is 0 Å². The van der Waals surface area contributed by atoms with Crippen molar-refractivity contribution in [1.82, 2.24) is 0 Å². The average molecular weight is 1980 g/mol. The van der Waals surface area contributed by atoms with Gasteiger partial charge in [-0.05, 0) is 101 Å². The summed E-state index contributed by atoms with van der Waals surface area (Å²) < 4.78 is 70.4. The van der Waals surface area contributed by atoms with Gasteiger partial charge in [0, 0.05) is 54.6 Å². The molecule has 0 saturated carbocycles. The average Bonchev–Trinajstić information content (AvgIpc) is 0.777. The van der Waals surface area contributed by atoms with E-state index in [4.69, 9.17) is 60.0 Å². The molecule has 44 nitrogen and oxygen atoms in total. The molecule has 750 valence electrons. The van der Waals surface area contributed by atoms with Crippen molar-refractivity contribution in [3.63, 3.8) is 0 Å². The van der Waals surface area contributed by atoms with Crippen molar-refractivity contribution in [3.05, 3.63) is 270 Å². The highest BCUT2D eigenvalue weighted by atomic mass is 16.7. The van der Waals surface area contributed by atoms with Crippen molar-refractivity contribution in [1.29, 1.82) is 0 Å². The van der Waals surface area contributed by atoms with E-state index in [1.165, 1.54) is 171 Å². The number of fused-ring (bicyclic) bond motifs is 5. The van der Waals surface area contributed by atoms with Crippen LogP contribution in [0, 0.1) is 0 Å². The molecule has 0 bridgehead atoms. The van der Waals surface area contributed by atoms with Crippen LogP contribution in [0.1, 0.15) is 0 Å². The Morgan fingerprint density at radius 3 is 0.685 bits per heavy atom. The van der Waals surface area contributed by atoms with Crippen LogP contribution in [0.25, 0.3) is 110 Å². The fourth-order valence-electron chi connectivity index (χ4n) is 15.6. The summed E-state index contributed by atoms with van der Waals surface area (Å²) in [5.41, 5.74) is 1.79. The number of benzene rings is 10. The molecule has 4 fully saturated rings. The smallest absolute Gasteiger partial charge is 0.229 e. The SMILES string of the molecule is O=c1c(-c2ccc(O)cc2)coc2cc(O)cc(O)c12.O=c1c(-c2ccc(O)cc2)coc2cc(OC3O[C@H](CO)[C@@H](O)[C@H](O)[C@H]3O)ccc12.O=c1c(-c2ccc(O)cc2)coc2cc(O[C@@H]3O[C@H](CO)[C@@H](O)[C@H](O)[C@H]3O)cc(O)c12.O=c1c(-c2ccc(O)cc2)coc2cc(O[C@@H]3O[C@H](CO)[C@@H](O)[C@H](O)[C@H]3O)cc(O)c12.O=c1c(-c2ccc(O)cc2)coc2cc(O[C@@H]3O[C@H](CO)[C@@H](O)[C@H](O)[C@H]3O)cc(O)c12. The van der Waals surface area contributed by atoms with Gasteiger partial charge in [0.15, 0.2) is 5.43 Å². The van der Waals surface area contributed by atoms with Crippen molar-refractivity contribution in [3.8, 4) is 136 Å². The quantitative estimate of drug-likeness (QED) is 0.0623. The lowest BCUT2D eigenvalue weighted by atomic mass is 9.99. The normalized spacial score (nSPS) is 24.1. The van der Waals surface area contributed by atoms with Crippen LogP contribution in [-0.2, 0) is 18.9 Å². The van der Waals surface area contributed by atoms with E-state index in [-0.39, 0.29) is 140 Å². The summed E-state index contributed by atoms with van der Waals surface area (Å²) >= 11 is 0. The Morgan fingerprint density at radius 1 is 0.217 bits per heavy atom. The predicted molar refractivity (Wildman–Crippen MR) is 494 cm³/mol. The first kappa shape index (κ1) is 102. The van der Waals surface area contributed by atoms with Crippen molar-refractivity contribution in [2.24, 2.45) is 0 Å². The third-order valence-electron chi connectivity index (χ3n) is 23.4. The lowest BCUT2D eigenvalue weighted by molar-refractivity contribution is -0.277. The van der Waals surface area contributed by atoms with Crippen molar-refractivity contribution in [2.75, 3.05) is 26.4 Å². The second-order valence-electron chi connectivity index (χ2n) is 32.8. The molecule has 0 radical (unpaired) electrons. The Morgan fingerprint density at radius 2 is 0.434 bits per heavy atom. The van der Waals surface area contributed by atoms with E-state index in [1.54, 1.807) is 24.3 Å². The molecule has 19 rings (SSSR count). The van der Waals surface area contributed by atoms with Gasteiger partial charge >= 0.3 is 0 Å². The topological polar surface area (TPSA) is 751 Å². The molecule has 1 unspecified atom stereocenters. The molecule has 4 aliphatic rings. The zero-order valence-corrected chi connectivity index (χ0v) is 73.6. The van der Waals surface area contributed by atoms with Gasteiger partial charge in [0.1, 0.15) is 259 Å². The summed E-state index contributed by atoms with van der Waals surface area (Å²) in [5.74, 6) is -1.56. The van der Waals surface area contributed by atoms with Crippen molar-refractivity contribution < 1.29 is 193 Å². The zero-order valence-electron chi connectivity index (χ0n) is 73.6. The van der Waals surface area contributed by atoms with Crippen LogP contribution in [0.4, 0.5) is 0 Å². The van der Waals surface area contributed by atoms with Crippen LogP contribution in [0.3, 0.4) is 0 Å². The van der Waals surface area contributed by atoms with Gasteiger partial charge < -0.3 is 193 Å². The van der Waals surface area contributed by atoms with E-state index in [2.05, 4.69) is 0 Å². The monoisotopic (exact) mass is 1980 g/mol. The number of phenols is 10. The Bertz CT molecular complexity index is 6930. The van der Waals surface area contributed by atoms with Gasteiger partial charge in [-0.2, -0.15) is 0 Å². The van der Waals surface area contributed by atoms with Gasteiger partial charge in [0.25, 0.3) is 0 Å². The molecule has 0 aliphatic carbocycles. The Balaban J connectivity index is 0.000000136. The standard InChI is InChI=1S/3C21H20O10.C21H20O9.C15H10O5/c3*22-7-15-18(26)19(27)20(28)21(31-15)30-11-5-13(24)16-14(6-11)29-8-12(17(16)25)9-1-3-10(23)4-2-9;22-8-16-18(25)19(26)20(27)21(30-16)29-12-5-6-13-15(7-12)28-9-14(17(13)24)10-1-3-11(23)4-2-10;16-9-3-1-8(2-4-9)11-7-20-13-6-10(17)5-12(18)14(13)15(11)19/h3*1-6,8,15,18-24,26-28H,7H2;1-7,9,16,18-23,25-27H,8H2;1-7,16-18H/t3*15-,18-,19+,20-,21-;16-,18-,19+,20-,21?;/m1111./s1. The minimum absolute atomic E-state index is 0.00730. The van der Waals surface area contributed by atoms with Crippen LogP contribution < -0.4 is 46.1 Å². The van der Waals surface area contributed by atoms with Gasteiger partial charge in [-0.15, -0.1) is 0 Å². The Kier molecular flexibility index (Phi) is 31.0. The number of rotatable bonds is 17. The second-order valence-corrected chi connectivity index (χ2v) is 32.8. The maximum absolute atomic E-state index is 12.9. The summed E-state index contributed by atoms with van der Waals surface area (Å²) in [6.07, 6.45) is -23.2. The third kappa shape index (κ3) is 21.8. The van der Waals surface area contributed by atoms with Crippen LogP contribution in [0.2, 0.25) is 0 Å². The van der Waals surface area contributed by atoms with Crippen LogP contribution in [-0.4, -0.2) is 282 Å². The molecule has 9 heterocycles. The van der Waals surface area contributed by atoms with Gasteiger partial charge in [-0.1, -0.05) is 60.7 Å². The summed E-state index contributed by atoms with van der Waals surface area (Å²) in [6, 6.07) is 43.8. The molecule has 10 aromatic carbocycles. The van der Waals surface area contributed by atoms with Gasteiger partial charge in [-0.25, -0.2) is 0 Å². The second kappa shape index (κ2) is 43.4. The van der Waals surface area contributed by atoms with E-state index in [9.17, 15) is 157 Å². The molecule has 4 aliphatic heterocycles. The number of hydrogen-bond acceptors (Lipinski definition) is 44. The number of aromatic hydroxyl groups is 10. The van der Waals surface area contributed by atoms with E-state index in [1.807, 2.05) is 0 Å². The molecule has 26 N–H and O–H groups in total. The molecule has 4 saturated heterocycles. The van der Waals surface area contributed by atoms with Gasteiger partial charge in [0.05, 0.1) is 59.6 Å². The molecule has 5 aromatic heterocycles. The van der Waals surface area contributed by atoms with Crippen molar-refractivity contribution in [2.45, 2.75) is 123 Å². The summed E-state index contributed by atoms with van der Waals surface area (Å²) in [5, 5.41) is 254. The Hall–Kier alpha value is -15.4. The van der Waals surface area contributed by atoms with Crippen LogP contribution >= 0.6 is 0 Å². The molecule has 44 heteroatoms. The number of ether oxygens (including phenoxy) is 8. The van der Waals surface area contributed by atoms with Crippen LogP contribution in [0.5, 0.6) is 80.5 Å². The van der Waals surface area contributed by atoms with Crippen LogP contribution in [0.15, 0.2) is 265 Å². The first-order valence-corrected chi connectivity index (χ1v) is 43.1. The number of aliphatic hydroxyl groups excluding tert-OH is 16. The highest BCUT2D eigenvalue weighted by Crippen LogP contribution is 2.40. The minimum atomic E-state index is -1.64. The fourth-order valence-corrected chi connectivity index (χ4v) is 15.6. The fraction of sp³-hybridized carbons (Fsp3) is 0.242. The third-order valence-corrected chi connectivity index (χ3v) is 23.4. The molecular formula is C99H90O44.